The zero-order valence-electron chi connectivity index (χ0n) is 25.3. The number of anilines is 1. The zero-order valence-corrected chi connectivity index (χ0v) is 25.3. The molecule has 7 heteroatoms. The Bertz CT molecular complexity index is 1110. The number of fused-ring (bicyclic) bond motifs is 1. The standard InChI is InChI=1S/C33H50N4O3/c1-33(2,3)40-32(39)36-30(31(38)35-27-19-15-24(16-20-27)11-10-22-37(4)5)23-26-18-17-25(12-8-9-21-34)28-13-6-7-14-29(26)28/h15-20,30H,6-14,21-23,34H2,1-5H3,(H,35,38)(H,36,39)/t30-/m0/s1. The Morgan fingerprint density at radius 2 is 1.57 bits per heavy atom. The summed E-state index contributed by atoms with van der Waals surface area (Å²) in [7, 11) is 4.15. The van der Waals surface area contributed by atoms with Gasteiger partial charge in [-0.1, -0.05) is 24.3 Å². The van der Waals surface area contributed by atoms with Gasteiger partial charge in [-0.3, -0.25) is 4.79 Å². The second-order valence-electron chi connectivity index (χ2n) is 12.3. The van der Waals surface area contributed by atoms with Crippen LogP contribution < -0.4 is 16.4 Å². The number of nitrogens with two attached hydrogens (primary N) is 1. The van der Waals surface area contributed by atoms with Gasteiger partial charge in [0.25, 0.3) is 0 Å². The van der Waals surface area contributed by atoms with Crippen molar-refractivity contribution in [3.8, 4) is 0 Å². The highest BCUT2D eigenvalue weighted by Gasteiger charge is 2.27. The predicted molar refractivity (Wildman–Crippen MR) is 164 cm³/mol. The maximum atomic E-state index is 13.6. The van der Waals surface area contributed by atoms with Crippen molar-refractivity contribution < 1.29 is 14.3 Å². The van der Waals surface area contributed by atoms with E-state index in [2.05, 4.69) is 53.9 Å². The summed E-state index contributed by atoms with van der Waals surface area (Å²) in [5.41, 5.74) is 12.3. The zero-order chi connectivity index (χ0) is 29.1. The van der Waals surface area contributed by atoms with Crippen LogP contribution in [0.25, 0.3) is 0 Å². The van der Waals surface area contributed by atoms with Gasteiger partial charge in [0.2, 0.25) is 5.91 Å². The number of hydrogen-bond acceptors (Lipinski definition) is 5. The normalized spacial score (nSPS) is 14.0. The van der Waals surface area contributed by atoms with Crippen LogP contribution in [0.5, 0.6) is 0 Å². The van der Waals surface area contributed by atoms with Gasteiger partial charge in [-0.25, -0.2) is 4.79 Å². The molecule has 0 aromatic heterocycles. The van der Waals surface area contributed by atoms with Gasteiger partial charge in [0, 0.05) is 12.1 Å². The Morgan fingerprint density at radius 3 is 2.20 bits per heavy atom. The summed E-state index contributed by atoms with van der Waals surface area (Å²) in [6.45, 7) is 7.21. The third-order valence-corrected chi connectivity index (χ3v) is 7.35. The summed E-state index contributed by atoms with van der Waals surface area (Å²) in [5, 5.41) is 5.89. The third-order valence-electron chi connectivity index (χ3n) is 7.35. The molecule has 0 saturated carbocycles. The molecule has 2 amide bonds. The van der Waals surface area contributed by atoms with E-state index in [9.17, 15) is 9.59 Å². The first-order valence-corrected chi connectivity index (χ1v) is 14.9. The molecule has 220 valence electrons. The van der Waals surface area contributed by atoms with E-state index in [0.717, 1.165) is 69.2 Å². The maximum absolute atomic E-state index is 13.6. The summed E-state index contributed by atoms with van der Waals surface area (Å²) in [6, 6.07) is 11.6. The summed E-state index contributed by atoms with van der Waals surface area (Å²) < 4.78 is 5.52. The molecule has 3 rings (SSSR count). The van der Waals surface area contributed by atoms with Gasteiger partial charge in [-0.15, -0.1) is 0 Å². The Morgan fingerprint density at radius 1 is 0.925 bits per heavy atom. The van der Waals surface area contributed by atoms with Crippen molar-refractivity contribution in [3.63, 3.8) is 0 Å². The molecule has 0 aliphatic heterocycles. The number of carbonyl (C=O) groups excluding carboxylic acids is 2. The van der Waals surface area contributed by atoms with Crippen LogP contribution in [-0.2, 0) is 41.6 Å². The first-order valence-electron chi connectivity index (χ1n) is 14.9. The highest BCUT2D eigenvalue weighted by atomic mass is 16.6. The first-order chi connectivity index (χ1) is 19.1. The summed E-state index contributed by atoms with van der Waals surface area (Å²) in [6.07, 6.45) is 9.44. The number of nitrogens with one attached hydrogen (secondary N) is 2. The van der Waals surface area contributed by atoms with Crippen molar-refractivity contribution in [2.45, 2.75) is 96.6 Å². The number of ether oxygens (including phenoxy) is 1. The largest absolute Gasteiger partial charge is 0.444 e. The second kappa shape index (κ2) is 15.2. The lowest BCUT2D eigenvalue weighted by molar-refractivity contribution is -0.118. The van der Waals surface area contributed by atoms with Gasteiger partial charge in [0.1, 0.15) is 11.6 Å². The molecular weight excluding hydrogens is 500 g/mol. The highest BCUT2D eigenvalue weighted by Crippen LogP contribution is 2.30. The number of carbonyl (C=O) groups is 2. The van der Waals surface area contributed by atoms with Crippen molar-refractivity contribution in [1.29, 1.82) is 0 Å². The Balaban J connectivity index is 1.78. The minimum atomic E-state index is -0.760. The number of alkyl carbamates (subject to hydrolysis) is 1. The minimum absolute atomic E-state index is 0.247. The second-order valence-corrected chi connectivity index (χ2v) is 12.3. The number of unbranched alkanes of at least 4 members (excludes halogenated alkanes) is 1. The lowest BCUT2D eigenvalue weighted by Gasteiger charge is -2.26. The van der Waals surface area contributed by atoms with Crippen molar-refractivity contribution in [1.82, 2.24) is 10.2 Å². The van der Waals surface area contributed by atoms with E-state index in [0.29, 0.717) is 13.0 Å². The van der Waals surface area contributed by atoms with Gasteiger partial charge >= 0.3 is 6.09 Å². The average Bonchev–Trinajstić information content (AvgIpc) is 2.89. The SMILES string of the molecule is CN(C)CCCc1ccc(NC(=O)[C@H](Cc2ccc(CCCCN)c3c2CCCC3)NC(=O)OC(C)(C)C)cc1. The van der Waals surface area contributed by atoms with Crippen LogP contribution in [0.2, 0.25) is 0 Å². The molecule has 2 aromatic carbocycles. The van der Waals surface area contributed by atoms with Crippen molar-refractivity contribution >= 4 is 17.7 Å². The van der Waals surface area contributed by atoms with Crippen LogP contribution in [0, 0.1) is 0 Å². The Labute approximate surface area is 241 Å². The maximum Gasteiger partial charge on any atom is 0.408 e. The lowest BCUT2D eigenvalue weighted by atomic mass is 9.82. The fourth-order valence-corrected chi connectivity index (χ4v) is 5.36. The molecular formula is C33H50N4O3. The average molecular weight is 551 g/mol. The molecule has 0 saturated heterocycles. The van der Waals surface area contributed by atoms with Crippen LogP contribution in [0.4, 0.5) is 10.5 Å². The molecule has 0 spiro atoms. The van der Waals surface area contributed by atoms with E-state index < -0.39 is 17.7 Å². The van der Waals surface area contributed by atoms with Crippen molar-refractivity contribution in [2.75, 3.05) is 32.5 Å². The lowest BCUT2D eigenvalue weighted by Crippen LogP contribution is -2.47. The van der Waals surface area contributed by atoms with E-state index in [1.807, 2.05) is 32.9 Å². The molecule has 0 unspecified atom stereocenters. The summed E-state index contributed by atoms with van der Waals surface area (Å²) >= 11 is 0. The third kappa shape index (κ3) is 10.3. The van der Waals surface area contributed by atoms with Crippen molar-refractivity contribution in [2.24, 2.45) is 5.73 Å². The van der Waals surface area contributed by atoms with Crippen LogP contribution in [0.3, 0.4) is 0 Å². The molecule has 40 heavy (non-hydrogen) atoms. The number of aryl methyl sites for hydroxylation is 2. The summed E-state index contributed by atoms with van der Waals surface area (Å²) in [5.74, 6) is -0.247. The fraction of sp³-hybridized carbons (Fsp3) is 0.576. The molecule has 2 aromatic rings. The van der Waals surface area contributed by atoms with Crippen LogP contribution in [0.15, 0.2) is 36.4 Å². The molecule has 1 aliphatic rings. The number of amides is 2. The summed E-state index contributed by atoms with van der Waals surface area (Å²) in [4.78, 5) is 28.5. The number of rotatable bonds is 13. The molecule has 4 N–H and O–H groups in total. The van der Waals surface area contributed by atoms with Crippen LogP contribution in [-0.4, -0.2) is 55.7 Å². The quantitative estimate of drug-likeness (QED) is 0.290. The number of hydrogen-bond donors (Lipinski definition) is 3. The molecule has 1 aliphatic carbocycles. The number of nitrogens with zero attached hydrogens (tertiary/aromatic N) is 1. The smallest absolute Gasteiger partial charge is 0.408 e. The topological polar surface area (TPSA) is 96.7 Å². The molecule has 0 heterocycles. The van der Waals surface area contributed by atoms with E-state index in [1.165, 1.54) is 28.7 Å². The van der Waals surface area contributed by atoms with Gasteiger partial charge < -0.3 is 26.0 Å². The molecule has 7 nitrogen and oxygen atoms in total. The van der Waals surface area contributed by atoms with E-state index in [4.69, 9.17) is 10.5 Å². The van der Waals surface area contributed by atoms with Crippen LogP contribution >= 0.6 is 0 Å². The first kappa shape index (κ1) is 31.6. The highest BCUT2D eigenvalue weighted by molar-refractivity contribution is 5.96. The van der Waals surface area contributed by atoms with E-state index >= 15 is 0 Å². The van der Waals surface area contributed by atoms with Gasteiger partial charge in [0.15, 0.2) is 0 Å². The van der Waals surface area contributed by atoms with Gasteiger partial charge in [0.05, 0.1) is 0 Å². The molecule has 0 radical (unpaired) electrons. The number of benzene rings is 2. The van der Waals surface area contributed by atoms with Gasteiger partial charge in [-0.05, 0) is 146 Å². The molecule has 0 bridgehead atoms. The fourth-order valence-electron chi connectivity index (χ4n) is 5.36. The van der Waals surface area contributed by atoms with E-state index in [1.54, 1.807) is 0 Å². The Hall–Kier alpha value is -2.90. The molecule has 0 fully saturated rings. The minimum Gasteiger partial charge on any atom is -0.444 e. The van der Waals surface area contributed by atoms with Gasteiger partial charge in [-0.2, -0.15) is 0 Å². The monoisotopic (exact) mass is 550 g/mol. The van der Waals surface area contributed by atoms with E-state index in [-0.39, 0.29) is 5.91 Å². The Kier molecular flexibility index (Phi) is 12.0. The molecule has 1 atom stereocenters. The van der Waals surface area contributed by atoms with Crippen LogP contribution in [0.1, 0.15) is 80.7 Å². The predicted octanol–water partition coefficient (Wildman–Crippen LogP) is 5.42. The van der Waals surface area contributed by atoms with Crippen molar-refractivity contribution in [3.05, 3.63) is 64.2 Å².